The SMILES string of the molecule is Cl.NC1(C(=O)Nc2ccc(CCO)cc2)CC1. The Morgan fingerprint density at radius 1 is 1.35 bits per heavy atom. The first-order chi connectivity index (χ1) is 7.64. The Hall–Kier alpha value is -1.10. The molecule has 0 heterocycles. The number of amides is 1. The van der Waals surface area contributed by atoms with Gasteiger partial charge < -0.3 is 16.2 Å². The number of carbonyl (C=O) groups is 1. The molecule has 0 spiro atoms. The zero-order valence-corrected chi connectivity index (χ0v) is 10.3. The molecule has 94 valence electrons. The highest BCUT2D eigenvalue weighted by Crippen LogP contribution is 2.33. The van der Waals surface area contributed by atoms with Crippen molar-refractivity contribution in [2.75, 3.05) is 11.9 Å². The van der Waals surface area contributed by atoms with Gasteiger partial charge >= 0.3 is 0 Å². The molecule has 2 rings (SSSR count). The highest BCUT2D eigenvalue weighted by atomic mass is 35.5. The second-order valence-electron chi connectivity index (χ2n) is 4.28. The summed E-state index contributed by atoms with van der Waals surface area (Å²) in [6, 6.07) is 7.44. The molecule has 0 unspecified atom stereocenters. The molecule has 0 atom stereocenters. The van der Waals surface area contributed by atoms with Gasteiger partial charge in [0.1, 0.15) is 0 Å². The lowest BCUT2D eigenvalue weighted by Crippen LogP contribution is -2.37. The van der Waals surface area contributed by atoms with Crippen LogP contribution in [-0.2, 0) is 11.2 Å². The van der Waals surface area contributed by atoms with Crippen molar-refractivity contribution in [3.63, 3.8) is 0 Å². The number of anilines is 1. The van der Waals surface area contributed by atoms with E-state index >= 15 is 0 Å². The third-order valence-corrected chi connectivity index (χ3v) is 2.85. The summed E-state index contributed by atoms with van der Waals surface area (Å²) in [6.07, 6.45) is 2.16. The number of hydrogen-bond donors (Lipinski definition) is 3. The van der Waals surface area contributed by atoms with E-state index in [2.05, 4.69) is 5.32 Å². The summed E-state index contributed by atoms with van der Waals surface area (Å²) < 4.78 is 0. The van der Waals surface area contributed by atoms with E-state index in [0.29, 0.717) is 6.42 Å². The van der Waals surface area contributed by atoms with Gasteiger partial charge in [-0.1, -0.05) is 12.1 Å². The van der Waals surface area contributed by atoms with Gasteiger partial charge in [0, 0.05) is 12.3 Å². The third-order valence-electron chi connectivity index (χ3n) is 2.85. The number of hydrogen-bond acceptors (Lipinski definition) is 3. The fraction of sp³-hybridized carbons (Fsp3) is 0.417. The quantitative estimate of drug-likeness (QED) is 0.754. The van der Waals surface area contributed by atoms with Crippen LogP contribution >= 0.6 is 12.4 Å². The van der Waals surface area contributed by atoms with E-state index < -0.39 is 5.54 Å². The van der Waals surface area contributed by atoms with E-state index in [-0.39, 0.29) is 24.9 Å². The van der Waals surface area contributed by atoms with Crippen LogP contribution in [-0.4, -0.2) is 23.2 Å². The van der Waals surface area contributed by atoms with E-state index in [4.69, 9.17) is 10.8 Å². The fourth-order valence-corrected chi connectivity index (χ4v) is 1.50. The Morgan fingerprint density at radius 3 is 2.41 bits per heavy atom. The minimum absolute atomic E-state index is 0. The van der Waals surface area contributed by atoms with Crippen molar-refractivity contribution < 1.29 is 9.90 Å². The maximum atomic E-state index is 11.6. The molecule has 1 aromatic rings. The predicted octanol–water partition coefficient (Wildman–Crippen LogP) is 1.07. The smallest absolute Gasteiger partial charge is 0.244 e. The molecule has 0 aliphatic heterocycles. The number of halogens is 1. The van der Waals surface area contributed by atoms with Gasteiger partial charge in [-0.2, -0.15) is 0 Å². The molecule has 0 radical (unpaired) electrons. The average Bonchev–Trinajstić information content (AvgIpc) is 3.01. The molecule has 1 fully saturated rings. The molecular formula is C12H17ClN2O2. The van der Waals surface area contributed by atoms with Crippen molar-refractivity contribution in [2.24, 2.45) is 5.73 Å². The third kappa shape index (κ3) is 3.43. The first-order valence-electron chi connectivity index (χ1n) is 5.44. The highest BCUT2D eigenvalue weighted by Gasteiger charge is 2.45. The van der Waals surface area contributed by atoms with Crippen molar-refractivity contribution in [1.29, 1.82) is 0 Å². The molecule has 1 aromatic carbocycles. The number of rotatable bonds is 4. The second-order valence-corrected chi connectivity index (χ2v) is 4.28. The monoisotopic (exact) mass is 256 g/mol. The maximum absolute atomic E-state index is 11.6. The summed E-state index contributed by atoms with van der Waals surface area (Å²) in [5.41, 5.74) is 6.94. The van der Waals surface area contributed by atoms with Crippen molar-refractivity contribution in [3.8, 4) is 0 Å². The Bertz CT molecular complexity index is 388. The van der Waals surface area contributed by atoms with Gasteiger partial charge in [0.2, 0.25) is 5.91 Å². The number of carbonyl (C=O) groups excluding carboxylic acids is 1. The first kappa shape index (κ1) is 14.0. The molecule has 4 N–H and O–H groups in total. The summed E-state index contributed by atoms with van der Waals surface area (Å²) >= 11 is 0. The van der Waals surface area contributed by atoms with Crippen molar-refractivity contribution in [3.05, 3.63) is 29.8 Å². The number of benzene rings is 1. The lowest BCUT2D eigenvalue weighted by molar-refractivity contribution is -0.118. The molecule has 17 heavy (non-hydrogen) atoms. The second kappa shape index (κ2) is 5.49. The Kier molecular flexibility index (Phi) is 4.51. The predicted molar refractivity (Wildman–Crippen MR) is 69.3 cm³/mol. The van der Waals surface area contributed by atoms with E-state index in [1.165, 1.54) is 0 Å². The molecule has 1 amide bonds. The standard InChI is InChI=1S/C12H16N2O2.ClH/c13-12(6-7-12)11(16)14-10-3-1-9(2-4-10)5-8-15;/h1-4,15H,5-8,13H2,(H,14,16);1H. The van der Waals surface area contributed by atoms with Crippen LogP contribution in [0.5, 0.6) is 0 Å². The van der Waals surface area contributed by atoms with E-state index in [1.54, 1.807) is 0 Å². The Morgan fingerprint density at radius 2 is 1.94 bits per heavy atom. The zero-order valence-electron chi connectivity index (χ0n) is 9.48. The molecule has 5 heteroatoms. The van der Waals surface area contributed by atoms with E-state index in [0.717, 1.165) is 24.1 Å². The van der Waals surface area contributed by atoms with Gasteiger partial charge in [-0.3, -0.25) is 4.79 Å². The maximum Gasteiger partial charge on any atom is 0.244 e. The van der Waals surface area contributed by atoms with Gasteiger partial charge in [0.15, 0.2) is 0 Å². The largest absolute Gasteiger partial charge is 0.396 e. The van der Waals surface area contributed by atoms with Crippen LogP contribution in [0, 0.1) is 0 Å². The van der Waals surface area contributed by atoms with Crippen LogP contribution in [0.25, 0.3) is 0 Å². The lowest BCUT2D eigenvalue weighted by Gasteiger charge is -2.10. The number of aliphatic hydroxyl groups excluding tert-OH is 1. The highest BCUT2D eigenvalue weighted by molar-refractivity contribution is 6.00. The van der Waals surface area contributed by atoms with Gasteiger partial charge in [-0.05, 0) is 37.0 Å². The van der Waals surface area contributed by atoms with E-state index in [1.807, 2.05) is 24.3 Å². The minimum atomic E-state index is -0.635. The zero-order chi connectivity index (χ0) is 11.6. The molecule has 1 aliphatic rings. The molecule has 1 saturated carbocycles. The topological polar surface area (TPSA) is 75.4 Å². The molecular weight excluding hydrogens is 240 g/mol. The fourth-order valence-electron chi connectivity index (χ4n) is 1.50. The van der Waals surface area contributed by atoms with Crippen LogP contribution in [0.3, 0.4) is 0 Å². The van der Waals surface area contributed by atoms with Gasteiger partial charge in [-0.15, -0.1) is 12.4 Å². The minimum Gasteiger partial charge on any atom is -0.396 e. The van der Waals surface area contributed by atoms with Crippen LogP contribution < -0.4 is 11.1 Å². The molecule has 0 bridgehead atoms. The van der Waals surface area contributed by atoms with Crippen molar-refractivity contribution in [1.82, 2.24) is 0 Å². The molecule has 4 nitrogen and oxygen atoms in total. The summed E-state index contributed by atoms with van der Waals surface area (Å²) in [5, 5.41) is 11.6. The number of aliphatic hydroxyl groups is 1. The Labute approximate surface area is 107 Å². The first-order valence-corrected chi connectivity index (χ1v) is 5.44. The summed E-state index contributed by atoms with van der Waals surface area (Å²) in [6.45, 7) is 0.137. The van der Waals surface area contributed by atoms with Crippen LogP contribution in [0.4, 0.5) is 5.69 Å². The summed E-state index contributed by atoms with van der Waals surface area (Å²) in [5.74, 6) is -0.109. The molecule has 0 aromatic heterocycles. The van der Waals surface area contributed by atoms with Crippen LogP contribution in [0.15, 0.2) is 24.3 Å². The van der Waals surface area contributed by atoms with Gasteiger partial charge in [0.05, 0.1) is 5.54 Å². The summed E-state index contributed by atoms with van der Waals surface area (Å²) in [4.78, 5) is 11.6. The normalized spacial score (nSPS) is 15.9. The van der Waals surface area contributed by atoms with Crippen LogP contribution in [0.1, 0.15) is 18.4 Å². The van der Waals surface area contributed by atoms with Crippen molar-refractivity contribution >= 4 is 24.0 Å². The van der Waals surface area contributed by atoms with Crippen LogP contribution in [0.2, 0.25) is 0 Å². The van der Waals surface area contributed by atoms with Gasteiger partial charge in [0.25, 0.3) is 0 Å². The lowest BCUT2D eigenvalue weighted by atomic mass is 10.1. The van der Waals surface area contributed by atoms with Crippen molar-refractivity contribution in [2.45, 2.75) is 24.8 Å². The van der Waals surface area contributed by atoms with Gasteiger partial charge in [-0.25, -0.2) is 0 Å². The number of nitrogens with two attached hydrogens (primary N) is 1. The average molecular weight is 257 g/mol. The van der Waals surface area contributed by atoms with E-state index in [9.17, 15) is 4.79 Å². The Balaban J connectivity index is 0.00000144. The molecule has 0 saturated heterocycles. The number of nitrogens with one attached hydrogen (secondary N) is 1. The summed E-state index contributed by atoms with van der Waals surface area (Å²) in [7, 11) is 0. The molecule has 1 aliphatic carbocycles.